The number of thioether (sulfide) groups is 1. The average Bonchev–Trinajstić information content (AvgIpc) is 1.67. The molecule has 106 heavy (non-hydrogen) atoms. The molecule has 7 aromatic heterocycles. The monoisotopic (exact) mass is 1490 g/mol. The van der Waals surface area contributed by atoms with Crippen LogP contribution in [0.1, 0.15) is 211 Å². The van der Waals surface area contributed by atoms with E-state index in [-0.39, 0.29) is 11.2 Å². The number of benzene rings is 6. The molecule has 1 fully saturated rings. The van der Waals surface area contributed by atoms with E-state index in [1.807, 2.05) is 225 Å². The number of nitrogens with zero attached hydrogens (tertiary/aromatic N) is 10. The number of rotatable bonds is 2. The summed E-state index contributed by atoms with van der Waals surface area (Å²) in [4.78, 5) is 25.6. The predicted octanol–water partition coefficient (Wildman–Crippen LogP) is 25.9. The minimum atomic E-state index is -0.219. The van der Waals surface area contributed by atoms with Gasteiger partial charge >= 0.3 is 5.69 Å². The third-order valence-electron chi connectivity index (χ3n) is 11.9. The van der Waals surface area contributed by atoms with E-state index in [4.69, 9.17) is 4.52 Å². The Kier molecular flexibility index (Phi) is 76.6. The highest BCUT2D eigenvalue weighted by atomic mass is 32.2. The quantitative estimate of drug-likeness (QED) is 0.147. The zero-order chi connectivity index (χ0) is 81.9. The van der Waals surface area contributed by atoms with Crippen molar-refractivity contribution >= 4 is 44.6 Å². The van der Waals surface area contributed by atoms with E-state index < -0.39 is 0 Å². The number of imidazole rings is 1. The Balaban J connectivity index is -0.000000258. The number of hydrogen-bond donors (Lipinski definition) is 3. The summed E-state index contributed by atoms with van der Waals surface area (Å²) < 4.78 is 17.1. The molecule has 19 heteroatoms. The second-order valence-electron chi connectivity index (χ2n) is 20.6. The maximum absolute atomic E-state index is 11.1. The fraction of sp³-hybridized carbons (Fsp3) is 0.414. The number of thiazole rings is 1. The highest BCUT2D eigenvalue weighted by molar-refractivity contribution is 7.99. The smallest absolute Gasteiger partial charge is 0.347 e. The van der Waals surface area contributed by atoms with Crippen molar-refractivity contribution in [2.24, 2.45) is 0 Å². The molecule has 1 atom stereocenters. The van der Waals surface area contributed by atoms with E-state index in [1.54, 1.807) is 73.7 Å². The third-order valence-corrected chi connectivity index (χ3v) is 13.7. The minimum absolute atomic E-state index is 0.0660. The van der Waals surface area contributed by atoms with E-state index in [9.17, 15) is 4.79 Å². The van der Waals surface area contributed by atoms with E-state index >= 15 is 0 Å². The predicted molar refractivity (Wildman–Crippen MR) is 464 cm³/mol. The van der Waals surface area contributed by atoms with Gasteiger partial charge in [-0.3, -0.25) is 4.98 Å². The Morgan fingerprint density at radius 1 is 0.528 bits per heavy atom. The number of nitrogens with one attached hydrogen (secondary N) is 3. The maximum atomic E-state index is 11.1. The van der Waals surface area contributed by atoms with E-state index in [0.29, 0.717) is 0 Å². The van der Waals surface area contributed by atoms with Gasteiger partial charge in [0.2, 0.25) is 0 Å². The van der Waals surface area contributed by atoms with Gasteiger partial charge in [-0.25, -0.2) is 29.1 Å². The van der Waals surface area contributed by atoms with Gasteiger partial charge in [-0.2, -0.15) is 10.2 Å². The van der Waals surface area contributed by atoms with Crippen LogP contribution in [0.5, 0.6) is 0 Å². The van der Waals surface area contributed by atoms with Gasteiger partial charge in [0.15, 0.2) is 0 Å². The Morgan fingerprint density at radius 2 is 1.08 bits per heavy atom. The first-order chi connectivity index (χ1) is 51.4. The SMILES string of the molecule is CC.CC.CC.CC.CC.CC.CC.CC.CC.CC.CC(C)(C)n1cncn1.CC1CSCN1.Cc1ccc(-c2cnoc2)cc1.Cc1ccc(-n2cn[nH]c2=O)cc1.Cc1ccc2ccccc2c1.Cc1cccc2ccccc12.Cc1ccno1.Cc1cnc[nH]1.Cc1cnoc1.Cc1cscn1. The number of hydrogen-bond acceptors (Lipinski definition) is 15. The molecule has 1 saturated heterocycles. The van der Waals surface area contributed by atoms with Crippen molar-refractivity contribution in [3.63, 3.8) is 0 Å². The molecule has 8 heterocycles. The van der Waals surface area contributed by atoms with Gasteiger partial charge in [0.25, 0.3) is 0 Å². The highest BCUT2D eigenvalue weighted by Gasteiger charge is 2.12. The molecule has 0 saturated carbocycles. The molecule has 0 spiro atoms. The molecular formula is C87H139N13O4S2. The second-order valence-corrected chi connectivity index (χ2v) is 22.4. The Hall–Kier alpha value is -9.30. The first-order valence-corrected chi connectivity index (χ1v) is 39.8. The van der Waals surface area contributed by atoms with Gasteiger partial charge in [0.05, 0.1) is 41.7 Å². The molecule has 13 aromatic rings. The van der Waals surface area contributed by atoms with Gasteiger partial charge in [-0.15, -0.1) is 23.1 Å². The molecule has 17 nitrogen and oxygen atoms in total. The molecule has 3 N–H and O–H groups in total. The van der Waals surface area contributed by atoms with Crippen molar-refractivity contribution in [1.82, 2.24) is 65.3 Å². The average molecular weight is 1500 g/mol. The van der Waals surface area contributed by atoms with Gasteiger partial charge in [0.1, 0.15) is 37.3 Å². The highest BCUT2D eigenvalue weighted by Crippen LogP contribution is 2.19. The minimum Gasteiger partial charge on any atom is -0.365 e. The van der Waals surface area contributed by atoms with Crippen molar-refractivity contribution in [3.8, 4) is 16.8 Å². The van der Waals surface area contributed by atoms with Crippen molar-refractivity contribution in [2.75, 3.05) is 11.6 Å². The molecule has 14 rings (SSSR count). The Morgan fingerprint density at radius 3 is 1.42 bits per heavy atom. The van der Waals surface area contributed by atoms with Crippen molar-refractivity contribution < 1.29 is 13.6 Å². The molecule has 0 aliphatic carbocycles. The molecule has 1 aliphatic rings. The van der Waals surface area contributed by atoms with Gasteiger partial charge in [0, 0.05) is 57.8 Å². The summed E-state index contributed by atoms with van der Waals surface area (Å²) in [5, 5.41) is 31.1. The lowest BCUT2D eigenvalue weighted by atomic mass is 10.1. The molecule has 0 radical (unpaired) electrons. The van der Waals surface area contributed by atoms with Crippen LogP contribution in [0.25, 0.3) is 38.4 Å². The van der Waals surface area contributed by atoms with Crippen LogP contribution >= 0.6 is 23.1 Å². The van der Waals surface area contributed by atoms with Gasteiger partial charge in [-0.1, -0.05) is 292 Å². The number of aromatic nitrogens is 12. The zero-order valence-corrected chi connectivity index (χ0v) is 72.8. The number of fused-ring (bicyclic) bond motifs is 2. The van der Waals surface area contributed by atoms with Crippen LogP contribution in [0, 0.1) is 55.4 Å². The van der Waals surface area contributed by atoms with Crippen LogP contribution in [-0.4, -0.2) is 77.6 Å². The zero-order valence-electron chi connectivity index (χ0n) is 71.1. The fourth-order valence-electron chi connectivity index (χ4n) is 7.11. The summed E-state index contributed by atoms with van der Waals surface area (Å²) in [5.74, 6) is 3.30. The lowest BCUT2D eigenvalue weighted by molar-refractivity contribution is 0.354. The largest absolute Gasteiger partial charge is 0.365 e. The first-order valence-electron chi connectivity index (χ1n) is 37.7. The van der Waals surface area contributed by atoms with Crippen LogP contribution in [0.2, 0.25) is 0 Å². The van der Waals surface area contributed by atoms with Crippen LogP contribution in [-0.2, 0) is 5.54 Å². The molecule has 1 aliphatic heterocycles. The maximum Gasteiger partial charge on any atom is 0.347 e. The van der Waals surface area contributed by atoms with Crippen LogP contribution < -0.4 is 11.0 Å². The summed E-state index contributed by atoms with van der Waals surface area (Å²) in [7, 11) is 0. The fourth-order valence-corrected chi connectivity index (χ4v) is 8.65. The molecule has 0 bridgehead atoms. The Bertz CT molecular complexity index is 3680. The number of aromatic amines is 2. The van der Waals surface area contributed by atoms with E-state index in [0.717, 1.165) is 51.4 Å². The van der Waals surface area contributed by atoms with Gasteiger partial charge < -0.3 is 23.9 Å². The molecule has 0 amide bonds. The summed E-state index contributed by atoms with van der Waals surface area (Å²) in [6.45, 7) is 64.5. The molecular weight excluding hydrogens is 1360 g/mol. The summed E-state index contributed by atoms with van der Waals surface area (Å²) in [5.41, 5.74) is 13.0. The summed E-state index contributed by atoms with van der Waals surface area (Å²) >= 11 is 3.60. The number of H-pyrrole nitrogens is 2. The van der Waals surface area contributed by atoms with Crippen LogP contribution in [0.4, 0.5) is 0 Å². The third kappa shape index (κ3) is 53.5. The topological polar surface area (TPSA) is 213 Å². The molecule has 588 valence electrons. The van der Waals surface area contributed by atoms with Crippen molar-refractivity contribution in [2.45, 2.75) is 233 Å². The summed E-state index contributed by atoms with van der Waals surface area (Å²) in [6.07, 6.45) is 16.4. The van der Waals surface area contributed by atoms with Gasteiger partial charge in [-0.05, 0) is 128 Å². The normalized spacial score (nSPS) is 10.1. The lowest BCUT2D eigenvalue weighted by Crippen LogP contribution is -2.21. The molecule has 6 aromatic carbocycles. The van der Waals surface area contributed by atoms with Crippen LogP contribution in [0.3, 0.4) is 0 Å². The standard InChI is InChI=1S/2C11H10.C10H9NO.C9H9N3O.C6H11N3.C4H6N2.2C4H5NO.C4H9NS.C4H5NS.10C2H6/c1-9-5-4-7-10-6-2-3-8-11(9)10;1-9-6-7-10-4-2-3-5-11(10)8-9;1-8-2-4-9(5-3-8)10-6-11-12-7-10;1-7-2-4-8(5-3-7)12-6-10-11-9(12)13;1-6(2,3)9-5-7-4-8-9;1-4-2-5-3-6-4;1-4-2-5-6-3-4;1-4-2-3-5-6-4;2*1-4-2-6-3-5-4;10*1-2/h2*2-8H,1H3;2-7H,1H3;2-6H,1H3,(H,11,13);4-5H,1-3H3;2-3H,1H3,(H,5,6);2*2-3H,1H3;4-5H,2-3H2,1H3;2-3H,1H3;10*1-2H3. The molecule has 1 unspecified atom stereocenters. The Labute approximate surface area is 649 Å². The van der Waals surface area contributed by atoms with Crippen LogP contribution in [0.15, 0.2) is 231 Å². The second kappa shape index (κ2) is 75.4. The number of aryl methyl sites for hydroxylation is 8. The summed E-state index contributed by atoms with van der Waals surface area (Å²) in [6, 6.07) is 48.2. The van der Waals surface area contributed by atoms with Crippen molar-refractivity contribution in [1.29, 1.82) is 0 Å². The first kappa shape index (κ1) is 108. The lowest BCUT2D eigenvalue weighted by Gasteiger charge is -2.17. The van der Waals surface area contributed by atoms with E-state index in [2.05, 4.69) is 223 Å². The van der Waals surface area contributed by atoms with E-state index in [1.165, 1.54) is 60.4 Å². The van der Waals surface area contributed by atoms with Crippen molar-refractivity contribution in [3.05, 3.63) is 268 Å².